The van der Waals surface area contributed by atoms with E-state index in [0.717, 1.165) is 5.56 Å². The minimum absolute atomic E-state index is 0.0217. The quantitative estimate of drug-likeness (QED) is 0.607. The molecule has 1 amide bonds. The normalized spacial score (nSPS) is 14.8. The molecule has 0 aliphatic carbocycles. The number of amides is 1. The highest BCUT2D eigenvalue weighted by molar-refractivity contribution is 6.11. The number of nitrogens with zero attached hydrogens (tertiary/aromatic N) is 1. The number of hydrogen-bond donors (Lipinski definition) is 1. The Kier molecular flexibility index (Phi) is 1.76. The number of carbonyl (C=O) groups excluding carboxylic acids is 1. The van der Waals surface area contributed by atoms with Crippen molar-refractivity contribution in [2.75, 3.05) is 6.44 Å². The maximum Gasteiger partial charge on any atom is 0.253 e. The van der Waals surface area contributed by atoms with Gasteiger partial charge in [-0.2, -0.15) is 0 Å². The van der Waals surface area contributed by atoms with Crippen LogP contribution in [0.5, 0.6) is 5.75 Å². The minimum atomic E-state index is 0.0217. The molecule has 2 rings (SSSR count). The molecule has 1 N–H and O–H groups in total. The van der Waals surface area contributed by atoms with Gasteiger partial charge in [-0.3, -0.25) is 4.79 Å². The van der Waals surface area contributed by atoms with Crippen molar-refractivity contribution < 1.29 is 9.90 Å². The molecule has 0 bridgehead atoms. The van der Waals surface area contributed by atoms with E-state index in [1.54, 1.807) is 17.0 Å². The van der Waals surface area contributed by atoms with Gasteiger partial charge >= 0.3 is 0 Å². The predicted octanol–water partition coefficient (Wildman–Crippen LogP) is -0.0614. The Labute approximate surface area is 77.4 Å². The van der Waals surface area contributed by atoms with Crippen molar-refractivity contribution in [3.8, 4) is 5.75 Å². The van der Waals surface area contributed by atoms with Crippen LogP contribution in [0.15, 0.2) is 18.2 Å². The van der Waals surface area contributed by atoms with E-state index < -0.39 is 0 Å². The van der Waals surface area contributed by atoms with Crippen LogP contribution in [0.2, 0.25) is 0 Å². The first-order valence-corrected chi connectivity index (χ1v) is 4.33. The van der Waals surface area contributed by atoms with Crippen molar-refractivity contribution in [2.24, 2.45) is 0 Å². The summed E-state index contributed by atoms with van der Waals surface area (Å²) < 4.78 is 0. The summed E-state index contributed by atoms with van der Waals surface area (Å²) in [5, 5.41) is 9.20. The summed E-state index contributed by atoms with van der Waals surface area (Å²) in [4.78, 5) is 13.3. The van der Waals surface area contributed by atoms with Gasteiger partial charge in [0.05, 0.1) is 0 Å². The van der Waals surface area contributed by atoms with Crippen LogP contribution >= 0.6 is 0 Å². The smallest absolute Gasteiger partial charge is 0.253 e. The summed E-state index contributed by atoms with van der Waals surface area (Å²) in [6.45, 7) is 0.672. The molecule has 0 atom stereocenters. The average molecular weight is 175 g/mol. The van der Waals surface area contributed by atoms with Crippen molar-refractivity contribution in [3.63, 3.8) is 0 Å². The number of benzene rings is 1. The fraction of sp³-hybridized carbons (Fsp3) is 0.222. The van der Waals surface area contributed by atoms with Gasteiger partial charge in [0.1, 0.15) is 13.6 Å². The second-order valence-electron chi connectivity index (χ2n) is 3.16. The lowest BCUT2D eigenvalue weighted by Gasteiger charge is -2.10. The summed E-state index contributed by atoms with van der Waals surface area (Å²) in [5.41, 5.74) is 1.64. The first kappa shape index (κ1) is 8.17. The maximum absolute atomic E-state index is 11.6. The highest BCUT2D eigenvalue weighted by atomic mass is 16.3. The predicted molar refractivity (Wildman–Crippen MR) is 51.4 cm³/mol. The molecule has 1 aliphatic heterocycles. The zero-order valence-corrected chi connectivity index (χ0v) is 7.45. The second kappa shape index (κ2) is 2.80. The third-order valence-corrected chi connectivity index (χ3v) is 2.35. The standard InChI is InChI=1S/C9H10BNO2/c10-5-11-4-6-1-2-7(12)3-8(6)9(11)13/h1-3,12H,4-5,10H2. The zero-order valence-electron chi connectivity index (χ0n) is 7.45. The van der Waals surface area contributed by atoms with Crippen LogP contribution < -0.4 is 0 Å². The Morgan fingerprint density at radius 1 is 1.54 bits per heavy atom. The first-order valence-electron chi connectivity index (χ1n) is 4.33. The van der Waals surface area contributed by atoms with E-state index >= 15 is 0 Å². The molecule has 4 heteroatoms. The van der Waals surface area contributed by atoms with Crippen LogP contribution in [-0.2, 0) is 6.54 Å². The maximum atomic E-state index is 11.6. The summed E-state index contributed by atoms with van der Waals surface area (Å²) in [7, 11) is 1.95. The van der Waals surface area contributed by atoms with Gasteiger partial charge in [0.15, 0.2) is 0 Å². The molecule has 0 radical (unpaired) electrons. The number of rotatable bonds is 1. The summed E-state index contributed by atoms with van der Waals surface area (Å²) in [6.07, 6.45) is 0.717. The fourth-order valence-electron chi connectivity index (χ4n) is 1.60. The third-order valence-electron chi connectivity index (χ3n) is 2.35. The van der Waals surface area contributed by atoms with Crippen molar-refractivity contribution in [3.05, 3.63) is 29.3 Å². The van der Waals surface area contributed by atoms with Gasteiger partial charge in [-0.25, -0.2) is 0 Å². The Hall–Kier alpha value is -1.45. The van der Waals surface area contributed by atoms with Crippen LogP contribution in [-0.4, -0.2) is 30.2 Å². The van der Waals surface area contributed by atoms with Crippen molar-refractivity contribution >= 4 is 13.8 Å². The molecular formula is C9H10BNO2. The lowest BCUT2D eigenvalue weighted by atomic mass is 10.1. The summed E-state index contributed by atoms with van der Waals surface area (Å²) in [6, 6.07) is 4.96. The summed E-state index contributed by atoms with van der Waals surface area (Å²) >= 11 is 0. The van der Waals surface area contributed by atoms with Gasteiger partial charge in [-0.15, -0.1) is 0 Å². The lowest BCUT2D eigenvalue weighted by molar-refractivity contribution is 0.0805. The highest BCUT2D eigenvalue weighted by Gasteiger charge is 2.25. The van der Waals surface area contributed by atoms with Crippen molar-refractivity contribution in [1.82, 2.24) is 4.90 Å². The van der Waals surface area contributed by atoms with E-state index in [2.05, 4.69) is 0 Å². The van der Waals surface area contributed by atoms with Crippen molar-refractivity contribution in [2.45, 2.75) is 6.54 Å². The molecule has 1 aromatic carbocycles. The van der Waals surface area contributed by atoms with E-state index in [0.29, 0.717) is 18.6 Å². The topological polar surface area (TPSA) is 40.5 Å². The van der Waals surface area contributed by atoms with E-state index in [1.807, 2.05) is 7.85 Å². The zero-order chi connectivity index (χ0) is 9.42. The molecule has 1 aliphatic rings. The Bertz CT molecular complexity index is 365. The SMILES string of the molecule is BCN1Cc2ccc(O)cc2C1=O. The van der Waals surface area contributed by atoms with Crippen LogP contribution in [0, 0.1) is 0 Å². The molecule has 0 unspecified atom stereocenters. The molecule has 66 valence electrons. The summed E-state index contributed by atoms with van der Waals surface area (Å²) in [5.74, 6) is 0.179. The Morgan fingerprint density at radius 2 is 2.31 bits per heavy atom. The number of carbonyl (C=O) groups is 1. The van der Waals surface area contributed by atoms with Crippen LogP contribution in [0.3, 0.4) is 0 Å². The molecule has 0 saturated carbocycles. The van der Waals surface area contributed by atoms with Gasteiger partial charge in [0, 0.05) is 12.1 Å². The van der Waals surface area contributed by atoms with Crippen molar-refractivity contribution in [1.29, 1.82) is 0 Å². The molecular weight excluding hydrogens is 165 g/mol. The van der Waals surface area contributed by atoms with E-state index in [-0.39, 0.29) is 11.7 Å². The molecule has 3 nitrogen and oxygen atoms in total. The van der Waals surface area contributed by atoms with Crippen LogP contribution in [0.25, 0.3) is 0 Å². The number of phenolic OH excluding ortho intramolecular Hbond substituents is 1. The number of aromatic hydroxyl groups is 1. The van der Waals surface area contributed by atoms with Gasteiger partial charge < -0.3 is 10.0 Å². The van der Waals surface area contributed by atoms with Gasteiger partial charge in [-0.1, -0.05) is 6.07 Å². The molecule has 0 saturated heterocycles. The van der Waals surface area contributed by atoms with Gasteiger partial charge in [0.25, 0.3) is 5.91 Å². The molecule has 13 heavy (non-hydrogen) atoms. The molecule has 0 aromatic heterocycles. The highest BCUT2D eigenvalue weighted by Crippen LogP contribution is 2.25. The fourth-order valence-corrected chi connectivity index (χ4v) is 1.60. The van der Waals surface area contributed by atoms with Crippen LogP contribution in [0.1, 0.15) is 15.9 Å². The molecule has 1 heterocycles. The average Bonchev–Trinajstić information content (AvgIpc) is 2.44. The Morgan fingerprint density at radius 3 is 3.00 bits per heavy atom. The lowest BCUT2D eigenvalue weighted by Crippen LogP contribution is -2.24. The van der Waals surface area contributed by atoms with E-state index in [1.165, 1.54) is 6.07 Å². The van der Waals surface area contributed by atoms with E-state index in [4.69, 9.17) is 0 Å². The number of fused-ring (bicyclic) bond motifs is 1. The third kappa shape index (κ3) is 1.18. The van der Waals surface area contributed by atoms with E-state index in [9.17, 15) is 9.90 Å². The number of phenols is 1. The monoisotopic (exact) mass is 175 g/mol. The molecule has 1 aromatic rings. The molecule has 0 fully saturated rings. The molecule has 0 spiro atoms. The largest absolute Gasteiger partial charge is 0.508 e. The second-order valence-corrected chi connectivity index (χ2v) is 3.16. The Balaban J connectivity index is 2.45. The first-order chi connectivity index (χ1) is 6.22. The van der Waals surface area contributed by atoms with Gasteiger partial charge in [0.2, 0.25) is 0 Å². The van der Waals surface area contributed by atoms with Gasteiger partial charge in [-0.05, 0) is 24.1 Å². The number of hydrogen-bond acceptors (Lipinski definition) is 2. The van der Waals surface area contributed by atoms with Crippen LogP contribution in [0.4, 0.5) is 0 Å². The minimum Gasteiger partial charge on any atom is -0.508 e.